The van der Waals surface area contributed by atoms with E-state index < -0.39 is 0 Å². The molecular formula is C9H15ClN2. The molecule has 0 amide bonds. The van der Waals surface area contributed by atoms with Crippen molar-refractivity contribution in [3.8, 4) is 0 Å². The first kappa shape index (κ1) is 9.59. The molecule has 1 heterocycles. The quantitative estimate of drug-likeness (QED) is 0.710. The number of aromatic nitrogens is 2. The molecule has 0 fully saturated rings. The standard InChI is InChI=1S/C9H15ClN2/c1-4-6-12-9(10)8(5-2)7(3)11-12/h4-6H2,1-3H3. The Morgan fingerprint density at radius 2 is 2.08 bits per heavy atom. The van der Waals surface area contributed by atoms with Crippen molar-refractivity contribution < 1.29 is 0 Å². The van der Waals surface area contributed by atoms with Gasteiger partial charge in [0, 0.05) is 12.1 Å². The van der Waals surface area contributed by atoms with Gasteiger partial charge in [0.2, 0.25) is 0 Å². The van der Waals surface area contributed by atoms with Crippen LogP contribution in [0.3, 0.4) is 0 Å². The van der Waals surface area contributed by atoms with Crippen molar-refractivity contribution >= 4 is 11.6 Å². The van der Waals surface area contributed by atoms with Gasteiger partial charge in [-0.05, 0) is 19.8 Å². The summed E-state index contributed by atoms with van der Waals surface area (Å²) < 4.78 is 1.88. The molecule has 3 heteroatoms. The fraction of sp³-hybridized carbons (Fsp3) is 0.667. The highest BCUT2D eigenvalue weighted by atomic mass is 35.5. The molecule has 0 saturated carbocycles. The van der Waals surface area contributed by atoms with Crippen LogP contribution in [0.25, 0.3) is 0 Å². The van der Waals surface area contributed by atoms with E-state index in [2.05, 4.69) is 18.9 Å². The molecule has 0 aliphatic carbocycles. The maximum atomic E-state index is 6.11. The monoisotopic (exact) mass is 186 g/mol. The van der Waals surface area contributed by atoms with Crippen LogP contribution < -0.4 is 0 Å². The Balaban J connectivity index is 3.00. The molecular weight excluding hydrogens is 172 g/mol. The van der Waals surface area contributed by atoms with Gasteiger partial charge < -0.3 is 0 Å². The minimum atomic E-state index is 0.817. The van der Waals surface area contributed by atoms with E-state index in [1.807, 2.05) is 11.6 Å². The number of nitrogens with zero attached hydrogens (tertiary/aromatic N) is 2. The number of halogens is 1. The largest absolute Gasteiger partial charge is 0.253 e. The van der Waals surface area contributed by atoms with Crippen molar-refractivity contribution in [2.45, 2.75) is 40.2 Å². The summed E-state index contributed by atoms with van der Waals surface area (Å²) in [6.45, 7) is 7.15. The van der Waals surface area contributed by atoms with Gasteiger partial charge in [-0.15, -0.1) is 0 Å². The molecule has 2 nitrogen and oxygen atoms in total. The Morgan fingerprint density at radius 1 is 1.42 bits per heavy atom. The van der Waals surface area contributed by atoms with E-state index in [1.165, 1.54) is 5.56 Å². The summed E-state index contributed by atoms with van der Waals surface area (Å²) >= 11 is 6.11. The lowest BCUT2D eigenvalue weighted by atomic mass is 10.2. The topological polar surface area (TPSA) is 17.8 Å². The maximum absolute atomic E-state index is 6.11. The SMILES string of the molecule is CCCn1nc(C)c(CC)c1Cl. The van der Waals surface area contributed by atoms with E-state index in [1.54, 1.807) is 0 Å². The molecule has 1 aromatic rings. The molecule has 0 radical (unpaired) electrons. The van der Waals surface area contributed by atoms with Gasteiger partial charge in [0.1, 0.15) is 5.15 Å². The van der Waals surface area contributed by atoms with Crippen LogP contribution in [0.15, 0.2) is 0 Å². The lowest BCUT2D eigenvalue weighted by Crippen LogP contribution is -1.98. The molecule has 68 valence electrons. The van der Waals surface area contributed by atoms with Crippen LogP contribution in [0.4, 0.5) is 0 Å². The lowest BCUT2D eigenvalue weighted by molar-refractivity contribution is 0.599. The van der Waals surface area contributed by atoms with Gasteiger partial charge in [0.15, 0.2) is 0 Å². The van der Waals surface area contributed by atoms with E-state index in [4.69, 9.17) is 11.6 Å². The normalized spacial score (nSPS) is 10.7. The third-order valence-electron chi connectivity index (χ3n) is 1.97. The van der Waals surface area contributed by atoms with Crippen LogP contribution in [-0.4, -0.2) is 9.78 Å². The zero-order valence-corrected chi connectivity index (χ0v) is 8.65. The average Bonchev–Trinajstić information content (AvgIpc) is 2.29. The number of rotatable bonds is 3. The predicted octanol–water partition coefficient (Wildman–Crippen LogP) is 2.82. The minimum Gasteiger partial charge on any atom is -0.253 e. The van der Waals surface area contributed by atoms with E-state index in [9.17, 15) is 0 Å². The van der Waals surface area contributed by atoms with Gasteiger partial charge in [0.25, 0.3) is 0 Å². The Kier molecular flexibility index (Phi) is 3.15. The summed E-state index contributed by atoms with van der Waals surface area (Å²) in [5.74, 6) is 0. The highest BCUT2D eigenvalue weighted by Crippen LogP contribution is 2.20. The van der Waals surface area contributed by atoms with Crippen LogP contribution in [0, 0.1) is 6.92 Å². The molecule has 1 aromatic heterocycles. The highest BCUT2D eigenvalue weighted by Gasteiger charge is 2.09. The second kappa shape index (κ2) is 3.94. The van der Waals surface area contributed by atoms with Gasteiger partial charge >= 0.3 is 0 Å². The molecule has 0 atom stereocenters. The smallest absolute Gasteiger partial charge is 0.130 e. The van der Waals surface area contributed by atoms with E-state index in [-0.39, 0.29) is 0 Å². The summed E-state index contributed by atoms with van der Waals surface area (Å²) in [6, 6.07) is 0. The minimum absolute atomic E-state index is 0.817. The van der Waals surface area contributed by atoms with Crippen LogP contribution in [0.2, 0.25) is 5.15 Å². The molecule has 0 saturated heterocycles. The van der Waals surface area contributed by atoms with Crippen LogP contribution >= 0.6 is 11.6 Å². The molecule has 0 spiro atoms. The molecule has 0 bridgehead atoms. The van der Waals surface area contributed by atoms with Crippen LogP contribution in [-0.2, 0) is 13.0 Å². The Hall–Kier alpha value is -0.500. The summed E-state index contributed by atoms with van der Waals surface area (Å²) in [6.07, 6.45) is 2.04. The molecule has 0 aromatic carbocycles. The van der Waals surface area contributed by atoms with Gasteiger partial charge in [-0.3, -0.25) is 4.68 Å². The number of hydrogen-bond donors (Lipinski definition) is 0. The molecule has 12 heavy (non-hydrogen) atoms. The van der Waals surface area contributed by atoms with Crippen LogP contribution in [0.1, 0.15) is 31.5 Å². The van der Waals surface area contributed by atoms with E-state index >= 15 is 0 Å². The van der Waals surface area contributed by atoms with Gasteiger partial charge in [-0.1, -0.05) is 25.4 Å². The molecule has 0 N–H and O–H groups in total. The fourth-order valence-electron chi connectivity index (χ4n) is 1.35. The zero-order valence-electron chi connectivity index (χ0n) is 7.89. The number of aryl methyl sites for hydroxylation is 2. The second-order valence-electron chi connectivity index (χ2n) is 2.93. The summed E-state index contributed by atoms with van der Waals surface area (Å²) in [5.41, 5.74) is 2.25. The first-order valence-electron chi connectivity index (χ1n) is 4.42. The molecule has 0 unspecified atom stereocenters. The average molecular weight is 187 g/mol. The Bertz CT molecular complexity index is 266. The summed E-state index contributed by atoms with van der Waals surface area (Å²) in [4.78, 5) is 0. The first-order chi connectivity index (χ1) is 5.70. The van der Waals surface area contributed by atoms with Gasteiger partial charge in [-0.25, -0.2) is 0 Å². The lowest BCUT2D eigenvalue weighted by Gasteiger charge is -1.99. The van der Waals surface area contributed by atoms with Gasteiger partial charge in [0.05, 0.1) is 5.69 Å². The van der Waals surface area contributed by atoms with Crippen molar-refractivity contribution in [1.29, 1.82) is 0 Å². The van der Waals surface area contributed by atoms with Crippen molar-refractivity contribution in [2.75, 3.05) is 0 Å². The molecule has 0 aliphatic heterocycles. The van der Waals surface area contributed by atoms with E-state index in [0.29, 0.717) is 0 Å². The third kappa shape index (κ3) is 1.63. The molecule has 1 rings (SSSR count). The fourth-order valence-corrected chi connectivity index (χ4v) is 1.74. The van der Waals surface area contributed by atoms with Crippen molar-refractivity contribution in [2.24, 2.45) is 0 Å². The van der Waals surface area contributed by atoms with Crippen molar-refractivity contribution in [1.82, 2.24) is 9.78 Å². The summed E-state index contributed by atoms with van der Waals surface area (Å²) in [7, 11) is 0. The third-order valence-corrected chi connectivity index (χ3v) is 2.40. The van der Waals surface area contributed by atoms with Gasteiger partial charge in [-0.2, -0.15) is 5.10 Å². The Morgan fingerprint density at radius 3 is 2.50 bits per heavy atom. The van der Waals surface area contributed by atoms with Crippen molar-refractivity contribution in [3.05, 3.63) is 16.4 Å². The zero-order chi connectivity index (χ0) is 9.14. The van der Waals surface area contributed by atoms with Crippen molar-refractivity contribution in [3.63, 3.8) is 0 Å². The number of hydrogen-bond acceptors (Lipinski definition) is 1. The van der Waals surface area contributed by atoms with E-state index in [0.717, 1.165) is 30.2 Å². The maximum Gasteiger partial charge on any atom is 0.130 e. The first-order valence-corrected chi connectivity index (χ1v) is 4.80. The van der Waals surface area contributed by atoms with Crippen LogP contribution in [0.5, 0.6) is 0 Å². The predicted molar refractivity (Wildman–Crippen MR) is 51.6 cm³/mol. The highest BCUT2D eigenvalue weighted by molar-refractivity contribution is 6.30. The Labute approximate surface area is 78.5 Å². The second-order valence-corrected chi connectivity index (χ2v) is 3.29. The summed E-state index contributed by atoms with van der Waals surface area (Å²) in [5, 5.41) is 5.17. The molecule has 0 aliphatic rings.